The Hall–Kier alpha value is -1.33. The van der Waals surface area contributed by atoms with Crippen LogP contribution in [0.2, 0.25) is 5.02 Å². The summed E-state index contributed by atoms with van der Waals surface area (Å²) in [5.41, 5.74) is -0.148. The van der Waals surface area contributed by atoms with Gasteiger partial charge < -0.3 is 15.1 Å². The Morgan fingerprint density at radius 1 is 1.61 bits per heavy atom. The number of anilines is 1. The number of carbonyl (C=O) groups is 1. The highest BCUT2D eigenvalue weighted by atomic mass is 35.5. The number of carboxylic acids is 1. The van der Waals surface area contributed by atoms with Crippen LogP contribution in [0.15, 0.2) is 12.1 Å². The van der Waals surface area contributed by atoms with Crippen molar-refractivity contribution in [1.29, 1.82) is 0 Å². The summed E-state index contributed by atoms with van der Waals surface area (Å²) in [6.07, 6.45) is 0.956. The molecule has 0 spiro atoms. The fourth-order valence-corrected chi connectivity index (χ4v) is 2.50. The number of aliphatic hydroxyl groups excluding tert-OH is 1. The van der Waals surface area contributed by atoms with Gasteiger partial charge in [0.2, 0.25) is 0 Å². The van der Waals surface area contributed by atoms with E-state index in [1.54, 1.807) is 6.07 Å². The van der Waals surface area contributed by atoms with Gasteiger partial charge in [0.15, 0.2) is 5.69 Å². The Morgan fingerprint density at radius 3 is 2.94 bits per heavy atom. The highest BCUT2D eigenvalue weighted by Crippen LogP contribution is 2.29. The van der Waals surface area contributed by atoms with Gasteiger partial charge in [-0.3, -0.25) is 0 Å². The summed E-state index contributed by atoms with van der Waals surface area (Å²) >= 11 is 5.79. The van der Waals surface area contributed by atoms with Crippen molar-refractivity contribution in [1.82, 2.24) is 4.98 Å². The van der Waals surface area contributed by atoms with Crippen LogP contribution in [0.5, 0.6) is 0 Å². The highest BCUT2D eigenvalue weighted by Gasteiger charge is 2.31. The molecule has 5 nitrogen and oxygen atoms in total. The average Bonchev–Trinajstić information content (AvgIpc) is 2.70. The van der Waals surface area contributed by atoms with E-state index >= 15 is 0 Å². The molecule has 1 aliphatic rings. The number of nitrogens with zero attached hydrogens (tertiary/aromatic N) is 2. The molecule has 0 amide bonds. The van der Waals surface area contributed by atoms with E-state index in [1.807, 2.05) is 4.90 Å². The molecule has 6 heteroatoms. The van der Waals surface area contributed by atoms with Gasteiger partial charge in [0, 0.05) is 6.54 Å². The molecule has 1 aliphatic heterocycles. The van der Waals surface area contributed by atoms with E-state index in [4.69, 9.17) is 16.7 Å². The van der Waals surface area contributed by atoms with E-state index in [0.717, 1.165) is 13.0 Å². The maximum atomic E-state index is 11.0. The van der Waals surface area contributed by atoms with Gasteiger partial charge in [0.1, 0.15) is 5.82 Å². The molecule has 1 aromatic heterocycles. The van der Waals surface area contributed by atoms with Gasteiger partial charge in [-0.25, -0.2) is 9.78 Å². The molecule has 0 bridgehead atoms. The molecule has 1 aromatic rings. The monoisotopic (exact) mass is 270 g/mol. The van der Waals surface area contributed by atoms with E-state index < -0.39 is 5.97 Å². The third-order valence-electron chi connectivity index (χ3n) is 3.40. The predicted octanol–water partition coefficient (Wildman–Crippen LogP) is 1.64. The molecule has 2 rings (SSSR count). The van der Waals surface area contributed by atoms with Gasteiger partial charge in [0.05, 0.1) is 17.7 Å². The van der Waals surface area contributed by atoms with Crippen LogP contribution in [0.3, 0.4) is 0 Å². The number of hydrogen-bond donors (Lipinski definition) is 2. The van der Waals surface area contributed by atoms with Gasteiger partial charge in [0.25, 0.3) is 0 Å². The number of carboxylic acid groups (broad SMARTS) is 1. The van der Waals surface area contributed by atoms with Crippen LogP contribution in [0.25, 0.3) is 0 Å². The van der Waals surface area contributed by atoms with Crippen LogP contribution in [-0.4, -0.2) is 40.4 Å². The van der Waals surface area contributed by atoms with E-state index in [0.29, 0.717) is 11.7 Å². The second-order valence-electron chi connectivity index (χ2n) is 4.51. The number of aliphatic hydroxyl groups is 1. The Bertz CT molecular complexity index is 467. The van der Waals surface area contributed by atoms with E-state index in [1.165, 1.54) is 6.07 Å². The van der Waals surface area contributed by atoms with Gasteiger partial charge >= 0.3 is 5.97 Å². The molecule has 0 aliphatic carbocycles. The summed E-state index contributed by atoms with van der Waals surface area (Å²) in [7, 11) is 0. The summed E-state index contributed by atoms with van der Waals surface area (Å²) in [4.78, 5) is 17.0. The lowest BCUT2D eigenvalue weighted by atomic mass is 10.0. The maximum Gasteiger partial charge on any atom is 0.356 e. The number of pyridine rings is 1. The summed E-state index contributed by atoms with van der Waals surface area (Å²) in [6.45, 7) is 2.86. The Kier molecular flexibility index (Phi) is 3.73. The van der Waals surface area contributed by atoms with Crippen LogP contribution in [0, 0.1) is 5.92 Å². The summed E-state index contributed by atoms with van der Waals surface area (Å²) < 4.78 is 0. The predicted molar refractivity (Wildman–Crippen MR) is 68.2 cm³/mol. The second kappa shape index (κ2) is 5.12. The van der Waals surface area contributed by atoms with Crippen molar-refractivity contribution >= 4 is 23.4 Å². The first kappa shape index (κ1) is 13.1. The van der Waals surface area contributed by atoms with Crippen molar-refractivity contribution in [3.8, 4) is 0 Å². The minimum Gasteiger partial charge on any atom is -0.476 e. The molecular formula is C12H15ClN2O3. The molecular weight excluding hydrogens is 256 g/mol. The lowest BCUT2D eigenvalue weighted by molar-refractivity contribution is 0.0691. The molecule has 0 saturated carbocycles. The Morgan fingerprint density at radius 2 is 2.33 bits per heavy atom. The van der Waals surface area contributed by atoms with E-state index in [9.17, 15) is 9.90 Å². The summed E-state index contributed by atoms with van der Waals surface area (Å²) in [5.74, 6) is -0.226. The smallest absolute Gasteiger partial charge is 0.356 e. The SMILES string of the molecule is CC1CCN(c2ccc(Cl)c(C(=O)O)n2)C1CO. The summed E-state index contributed by atoms with van der Waals surface area (Å²) in [5, 5.41) is 18.5. The first-order valence-corrected chi connectivity index (χ1v) is 6.19. The van der Waals surface area contributed by atoms with Crippen LogP contribution in [0.1, 0.15) is 23.8 Å². The molecule has 0 aromatic carbocycles. The molecule has 1 saturated heterocycles. The number of aromatic carboxylic acids is 1. The molecule has 1 fully saturated rings. The maximum absolute atomic E-state index is 11.0. The van der Waals surface area contributed by atoms with Crippen molar-refractivity contribution < 1.29 is 15.0 Å². The normalized spacial score (nSPS) is 23.4. The highest BCUT2D eigenvalue weighted by molar-refractivity contribution is 6.33. The van der Waals surface area contributed by atoms with E-state index in [-0.39, 0.29) is 23.4 Å². The zero-order valence-electron chi connectivity index (χ0n) is 10.0. The minimum atomic E-state index is -1.14. The number of halogens is 1. The van der Waals surface area contributed by atoms with Crippen LogP contribution in [0.4, 0.5) is 5.82 Å². The fourth-order valence-electron chi connectivity index (χ4n) is 2.31. The van der Waals surface area contributed by atoms with Crippen molar-refractivity contribution in [2.75, 3.05) is 18.1 Å². The lowest BCUT2D eigenvalue weighted by Gasteiger charge is -2.26. The van der Waals surface area contributed by atoms with Gasteiger partial charge in [-0.05, 0) is 24.5 Å². The largest absolute Gasteiger partial charge is 0.476 e. The molecule has 2 N–H and O–H groups in total. The third kappa shape index (κ3) is 2.28. The Balaban J connectivity index is 2.34. The van der Waals surface area contributed by atoms with Crippen molar-refractivity contribution in [3.05, 3.63) is 22.8 Å². The van der Waals surface area contributed by atoms with Crippen LogP contribution in [-0.2, 0) is 0 Å². The average molecular weight is 271 g/mol. The first-order valence-electron chi connectivity index (χ1n) is 5.82. The third-order valence-corrected chi connectivity index (χ3v) is 3.70. The quantitative estimate of drug-likeness (QED) is 0.873. The van der Waals surface area contributed by atoms with Crippen LogP contribution >= 0.6 is 11.6 Å². The summed E-state index contributed by atoms with van der Waals surface area (Å²) in [6, 6.07) is 3.21. The number of aromatic nitrogens is 1. The molecule has 2 unspecified atom stereocenters. The Labute approximate surface area is 110 Å². The van der Waals surface area contributed by atoms with Crippen molar-refractivity contribution in [3.63, 3.8) is 0 Å². The zero-order chi connectivity index (χ0) is 13.3. The van der Waals surface area contributed by atoms with Crippen molar-refractivity contribution in [2.24, 2.45) is 5.92 Å². The fraction of sp³-hybridized carbons (Fsp3) is 0.500. The zero-order valence-corrected chi connectivity index (χ0v) is 10.8. The van der Waals surface area contributed by atoms with E-state index in [2.05, 4.69) is 11.9 Å². The van der Waals surface area contributed by atoms with Crippen LogP contribution < -0.4 is 4.90 Å². The molecule has 0 radical (unpaired) electrons. The molecule has 2 heterocycles. The molecule has 18 heavy (non-hydrogen) atoms. The lowest BCUT2D eigenvalue weighted by Crippen LogP contribution is -2.35. The number of rotatable bonds is 3. The topological polar surface area (TPSA) is 73.7 Å². The van der Waals surface area contributed by atoms with Gasteiger partial charge in [-0.15, -0.1) is 0 Å². The molecule has 98 valence electrons. The van der Waals surface area contributed by atoms with Crippen molar-refractivity contribution in [2.45, 2.75) is 19.4 Å². The van der Waals surface area contributed by atoms with Gasteiger partial charge in [-0.2, -0.15) is 0 Å². The number of hydrogen-bond acceptors (Lipinski definition) is 4. The molecule has 2 atom stereocenters. The standard InChI is InChI=1S/C12H15ClN2O3/c1-7-4-5-15(9(7)6-16)10-3-2-8(13)11(14-10)12(17)18/h2-3,7,9,16H,4-6H2,1H3,(H,17,18). The minimum absolute atomic E-state index is 0.0136. The first-order chi connectivity index (χ1) is 8.54. The second-order valence-corrected chi connectivity index (χ2v) is 4.92. The van der Waals surface area contributed by atoms with Gasteiger partial charge in [-0.1, -0.05) is 18.5 Å².